The molecule has 1 aromatic rings. The number of rotatable bonds is 8. The van der Waals surface area contributed by atoms with Crippen LogP contribution in [0.2, 0.25) is 5.02 Å². The van der Waals surface area contributed by atoms with Crippen LogP contribution >= 0.6 is 11.6 Å². The highest BCUT2D eigenvalue weighted by Gasteiger charge is 2.16. The number of nitrogens with one attached hydrogen (secondary N) is 1. The highest BCUT2D eigenvalue weighted by molar-refractivity contribution is 6.31. The van der Waals surface area contributed by atoms with Gasteiger partial charge < -0.3 is 5.32 Å². The van der Waals surface area contributed by atoms with Gasteiger partial charge in [0.1, 0.15) is 0 Å². The zero-order valence-electron chi connectivity index (χ0n) is 13.0. The fourth-order valence-corrected chi connectivity index (χ4v) is 2.67. The van der Waals surface area contributed by atoms with E-state index < -0.39 is 0 Å². The van der Waals surface area contributed by atoms with Gasteiger partial charge in [-0.05, 0) is 44.7 Å². The monoisotopic (exact) mass is 285 g/mol. The van der Waals surface area contributed by atoms with Crippen molar-refractivity contribution in [1.82, 2.24) is 15.1 Å². The zero-order chi connectivity index (χ0) is 14.4. The Morgan fingerprint density at radius 2 is 2.00 bits per heavy atom. The second-order valence-corrected chi connectivity index (χ2v) is 6.26. The van der Waals surface area contributed by atoms with Crippen molar-refractivity contribution < 1.29 is 0 Å². The molecule has 0 fully saturated rings. The topological polar surface area (TPSA) is 29.9 Å². The number of hydrogen-bond acceptors (Lipinski definition) is 2. The van der Waals surface area contributed by atoms with E-state index in [-0.39, 0.29) is 0 Å². The predicted octanol–water partition coefficient (Wildman–Crippen LogP) is 3.59. The Morgan fingerprint density at radius 3 is 2.47 bits per heavy atom. The van der Waals surface area contributed by atoms with E-state index in [1.165, 1.54) is 18.5 Å². The summed E-state index contributed by atoms with van der Waals surface area (Å²) in [4.78, 5) is 0. The first kappa shape index (κ1) is 16.5. The summed E-state index contributed by atoms with van der Waals surface area (Å²) in [6.45, 7) is 10.8. The summed E-state index contributed by atoms with van der Waals surface area (Å²) in [6, 6.07) is 0. The van der Waals surface area contributed by atoms with Gasteiger partial charge in [0.2, 0.25) is 0 Å². The van der Waals surface area contributed by atoms with Gasteiger partial charge >= 0.3 is 0 Å². The fraction of sp³-hybridized carbons (Fsp3) is 0.800. The lowest BCUT2D eigenvalue weighted by atomic mass is 9.97. The van der Waals surface area contributed by atoms with Crippen LogP contribution in [0.5, 0.6) is 0 Å². The van der Waals surface area contributed by atoms with E-state index in [2.05, 4.69) is 31.2 Å². The lowest BCUT2D eigenvalue weighted by Gasteiger charge is -2.18. The minimum atomic E-state index is 0.635. The molecule has 19 heavy (non-hydrogen) atoms. The van der Waals surface area contributed by atoms with Crippen LogP contribution in [0.1, 0.15) is 45.0 Å². The van der Waals surface area contributed by atoms with Crippen molar-refractivity contribution >= 4 is 11.6 Å². The SMILES string of the molecule is CCCC(CNCC(C)C)Cc1c(Cl)c(C)nn1C. The number of aryl methyl sites for hydroxylation is 2. The molecule has 3 nitrogen and oxygen atoms in total. The number of aromatic nitrogens is 2. The first-order valence-electron chi connectivity index (χ1n) is 7.34. The fourth-order valence-electron chi connectivity index (χ4n) is 2.44. The summed E-state index contributed by atoms with van der Waals surface area (Å²) in [6.07, 6.45) is 3.45. The van der Waals surface area contributed by atoms with E-state index in [0.29, 0.717) is 11.8 Å². The summed E-state index contributed by atoms with van der Waals surface area (Å²) in [7, 11) is 1.98. The van der Waals surface area contributed by atoms with E-state index in [9.17, 15) is 0 Å². The molecule has 0 saturated heterocycles. The quantitative estimate of drug-likeness (QED) is 0.791. The molecule has 0 bridgehead atoms. The van der Waals surface area contributed by atoms with Gasteiger partial charge in [-0.25, -0.2) is 0 Å². The smallest absolute Gasteiger partial charge is 0.0847 e. The molecule has 1 unspecified atom stereocenters. The minimum absolute atomic E-state index is 0.635. The Kier molecular flexibility index (Phi) is 6.87. The van der Waals surface area contributed by atoms with Crippen LogP contribution in [0.4, 0.5) is 0 Å². The Balaban J connectivity index is 2.61. The van der Waals surface area contributed by atoms with Crippen molar-refractivity contribution in [3.05, 3.63) is 16.4 Å². The molecule has 0 aromatic carbocycles. The molecule has 0 radical (unpaired) electrons. The van der Waals surface area contributed by atoms with Gasteiger partial charge in [0.05, 0.1) is 16.4 Å². The van der Waals surface area contributed by atoms with Crippen molar-refractivity contribution in [2.45, 2.75) is 47.0 Å². The molecule has 1 aromatic heterocycles. The standard InChI is InChI=1S/C15H28ClN3/c1-6-7-13(10-17-9-11(2)3)8-14-15(16)12(4)18-19(14)5/h11,13,17H,6-10H2,1-5H3. The summed E-state index contributed by atoms with van der Waals surface area (Å²) in [5.74, 6) is 1.33. The van der Waals surface area contributed by atoms with Crippen molar-refractivity contribution in [2.24, 2.45) is 18.9 Å². The molecular weight excluding hydrogens is 258 g/mol. The van der Waals surface area contributed by atoms with Gasteiger partial charge in [-0.3, -0.25) is 4.68 Å². The maximum absolute atomic E-state index is 6.34. The first-order chi connectivity index (χ1) is 8.95. The molecule has 1 atom stereocenters. The van der Waals surface area contributed by atoms with Crippen LogP contribution in [-0.2, 0) is 13.5 Å². The van der Waals surface area contributed by atoms with Gasteiger partial charge in [-0.1, -0.05) is 38.8 Å². The predicted molar refractivity (Wildman–Crippen MR) is 82.8 cm³/mol. The molecule has 1 heterocycles. The molecule has 0 aliphatic carbocycles. The number of halogens is 1. The van der Waals surface area contributed by atoms with Crippen molar-refractivity contribution in [2.75, 3.05) is 13.1 Å². The maximum Gasteiger partial charge on any atom is 0.0847 e. The molecule has 1 rings (SSSR count). The van der Waals surface area contributed by atoms with E-state index >= 15 is 0 Å². The Hall–Kier alpha value is -0.540. The minimum Gasteiger partial charge on any atom is -0.316 e. The van der Waals surface area contributed by atoms with E-state index in [4.69, 9.17) is 11.6 Å². The summed E-state index contributed by atoms with van der Waals surface area (Å²) >= 11 is 6.34. The van der Waals surface area contributed by atoms with Crippen LogP contribution in [0.15, 0.2) is 0 Å². The lowest BCUT2D eigenvalue weighted by molar-refractivity contribution is 0.413. The zero-order valence-corrected chi connectivity index (χ0v) is 13.7. The third-order valence-electron chi connectivity index (χ3n) is 3.43. The molecule has 0 spiro atoms. The summed E-state index contributed by atoms with van der Waals surface area (Å²) in [5, 5.41) is 8.80. The third kappa shape index (κ3) is 5.15. The van der Waals surface area contributed by atoms with Crippen LogP contribution < -0.4 is 5.32 Å². The second kappa shape index (κ2) is 7.91. The van der Waals surface area contributed by atoms with Crippen molar-refractivity contribution in [3.63, 3.8) is 0 Å². The van der Waals surface area contributed by atoms with Gasteiger partial charge in [-0.2, -0.15) is 5.10 Å². The molecule has 0 aliphatic rings. The van der Waals surface area contributed by atoms with Crippen LogP contribution in [0, 0.1) is 18.8 Å². The van der Waals surface area contributed by atoms with Gasteiger partial charge in [0.25, 0.3) is 0 Å². The maximum atomic E-state index is 6.34. The molecule has 0 saturated carbocycles. The normalized spacial score (nSPS) is 13.2. The second-order valence-electron chi connectivity index (χ2n) is 5.88. The highest BCUT2D eigenvalue weighted by Crippen LogP contribution is 2.23. The van der Waals surface area contributed by atoms with Crippen molar-refractivity contribution in [3.8, 4) is 0 Å². The molecule has 110 valence electrons. The Morgan fingerprint density at radius 1 is 1.32 bits per heavy atom. The van der Waals surface area contributed by atoms with Crippen LogP contribution in [0.25, 0.3) is 0 Å². The number of nitrogens with zero attached hydrogens (tertiary/aromatic N) is 2. The van der Waals surface area contributed by atoms with Crippen LogP contribution in [0.3, 0.4) is 0 Å². The van der Waals surface area contributed by atoms with Gasteiger partial charge in [0.15, 0.2) is 0 Å². The summed E-state index contributed by atoms with van der Waals surface area (Å²) < 4.78 is 1.93. The molecule has 0 amide bonds. The highest BCUT2D eigenvalue weighted by atomic mass is 35.5. The average molecular weight is 286 g/mol. The first-order valence-corrected chi connectivity index (χ1v) is 7.72. The third-order valence-corrected chi connectivity index (χ3v) is 3.92. The molecular formula is C15H28ClN3. The Labute approximate surface area is 122 Å². The van der Waals surface area contributed by atoms with E-state index in [1.54, 1.807) is 0 Å². The lowest BCUT2D eigenvalue weighted by Crippen LogP contribution is -2.28. The van der Waals surface area contributed by atoms with Gasteiger partial charge in [0, 0.05) is 7.05 Å². The van der Waals surface area contributed by atoms with Crippen molar-refractivity contribution in [1.29, 1.82) is 0 Å². The van der Waals surface area contributed by atoms with E-state index in [1.807, 2.05) is 18.7 Å². The van der Waals surface area contributed by atoms with E-state index in [0.717, 1.165) is 30.2 Å². The van der Waals surface area contributed by atoms with Gasteiger partial charge in [-0.15, -0.1) is 0 Å². The largest absolute Gasteiger partial charge is 0.316 e. The molecule has 1 N–H and O–H groups in total. The Bertz CT molecular complexity index is 385. The average Bonchev–Trinajstić information content (AvgIpc) is 2.55. The molecule has 4 heteroatoms. The van der Waals surface area contributed by atoms with Crippen LogP contribution in [-0.4, -0.2) is 22.9 Å². The molecule has 0 aliphatic heterocycles. The number of hydrogen-bond donors (Lipinski definition) is 1. The summed E-state index contributed by atoms with van der Waals surface area (Å²) in [5.41, 5.74) is 2.11.